The van der Waals surface area contributed by atoms with Gasteiger partial charge in [-0.25, -0.2) is 14.6 Å². The number of alkyl carbamates (subject to hydrolysis) is 1. The van der Waals surface area contributed by atoms with Gasteiger partial charge in [0.05, 0.1) is 29.0 Å². The summed E-state index contributed by atoms with van der Waals surface area (Å²) in [6, 6.07) is 11.4. The van der Waals surface area contributed by atoms with E-state index >= 15 is 0 Å². The van der Waals surface area contributed by atoms with Crippen LogP contribution < -0.4 is 16.2 Å². The Bertz CT molecular complexity index is 1720. The third-order valence-electron chi connectivity index (χ3n) is 7.85. The van der Waals surface area contributed by atoms with Gasteiger partial charge in [0.1, 0.15) is 18.8 Å². The quantitative estimate of drug-likeness (QED) is 0.153. The minimum Gasteiger partial charge on any atom is -0.457 e. The van der Waals surface area contributed by atoms with Crippen LogP contribution in [0.25, 0.3) is 22.3 Å². The smallest absolute Gasteiger partial charge is 0.407 e. The molecule has 1 atom stereocenters. The van der Waals surface area contributed by atoms with Crippen molar-refractivity contribution in [2.75, 3.05) is 13.1 Å². The number of carbonyl (C=O) groups excluding carboxylic acids is 4. The fourth-order valence-electron chi connectivity index (χ4n) is 5.66. The Morgan fingerprint density at radius 2 is 1.84 bits per heavy atom. The molecule has 12 heteroatoms. The molecular weight excluding hydrogens is 580 g/mol. The number of aromatic nitrogens is 2. The molecule has 0 saturated carbocycles. The van der Waals surface area contributed by atoms with Gasteiger partial charge in [-0.05, 0) is 58.2 Å². The van der Waals surface area contributed by atoms with E-state index in [-0.39, 0.29) is 42.0 Å². The van der Waals surface area contributed by atoms with Crippen LogP contribution in [-0.2, 0) is 47.3 Å². The monoisotopic (exact) mass is 618 g/mol. The lowest BCUT2D eigenvalue weighted by molar-refractivity contribution is -0.189. The number of esters is 2. The molecule has 2 N–H and O–H groups in total. The van der Waals surface area contributed by atoms with Gasteiger partial charge in [-0.15, -0.1) is 0 Å². The highest BCUT2D eigenvalue weighted by Gasteiger charge is 2.50. The lowest BCUT2D eigenvalue weighted by Crippen LogP contribution is -2.48. The predicted molar refractivity (Wildman–Crippen MR) is 164 cm³/mol. The van der Waals surface area contributed by atoms with Crippen LogP contribution >= 0.6 is 0 Å². The SMILES string of the molecule is CC[C@@]1(OC(=O)CNC(=O)CCCCCNC(=O)OC(C)(C)C)C(=O)OCc2c1cc1n(c2=O)Cc2cc3ccccc3nc2-1. The summed E-state index contributed by atoms with van der Waals surface area (Å²) < 4.78 is 17.9. The van der Waals surface area contributed by atoms with Crippen LogP contribution in [0.3, 0.4) is 0 Å². The van der Waals surface area contributed by atoms with Gasteiger partial charge < -0.3 is 29.4 Å². The van der Waals surface area contributed by atoms with Crippen molar-refractivity contribution in [1.82, 2.24) is 20.2 Å². The zero-order chi connectivity index (χ0) is 32.4. The molecule has 4 heterocycles. The average Bonchev–Trinajstić information content (AvgIpc) is 3.35. The maximum Gasteiger partial charge on any atom is 0.407 e. The number of benzene rings is 1. The van der Waals surface area contributed by atoms with Gasteiger partial charge in [-0.2, -0.15) is 0 Å². The summed E-state index contributed by atoms with van der Waals surface area (Å²) in [5.74, 6) is -1.96. The van der Waals surface area contributed by atoms with Crippen molar-refractivity contribution in [3.8, 4) is 11.4 Å². The molecule has 238 valence electrons. The molecular formula is C33H38N4O8. The molecule has 2 amide bonds. The summed E-state index contributed by atoms with van der Waals surface area (Å²) in [6.45, 7) is 7.09. The number of hydrogen-bond acceptors (Lipinski definition) is 9. The molecule has 3 aromatic rings. The Hall–Kier alpha value is -4.74. The number of fused-ring (bicyclic) bond motifs is 5. The minimum absolute atomic E-state index is 0.0246. The first kappa shape index (κ1) is 31.7. The summed E-state index contributed by atoms with van der Waals surface area (Å²) in [5, 5.41) is 6.16. The van der Waals surface area contributed by atoms with Crippen LogP contribution in [0.5, 0.6) is 0 Å². The number of para-hydroxylation sites is 1. The van der Waals surface area contributed by atoms with Crippen LogP contribution in [0, 0.1) is 0 Å². The van der Waals surface area contributed by atoms with E-state index in [0.29, 0.717) is 43.7 Å². The van der Waals surface area contributed by atoms with Crippen molar-refractivity contribution >= 4 is 34.8 Å². The number of cyclic esters (lactones) is 1. The summed E-state index contributed by atoms with van der Waals surface area (Å²) in [4.78, 5) is 68.7. The first-order chi connectivity index (χ1) is 21.4. The molecule has 5 rings (SSSR count). The molecule has 0 saturated heterocycles. The molecule has 2 aliphatic heterocycles. The van der Waals surface area contributed by atoms with Gasteiger partial charge in [0, 0.05) is 29.5 Å². The van der Waals surface area contributed by atoms with Crippen molar-refractivity contribution in [3.63, 3.8) is 0 Å². The second kappa shape index (κ2) is 12.7. The van der Waals surface area contributed by atoms with Crippen LogP contribution in [0.15, 0.2) is 41.2 Å². The van der Waals surface area contributed by atoms with Gasteiger partial charge in [0.2, 0.25) is 11.5 Å². The van der Waals surface area contributed by atoms with E-state index in [0.717, 1.165) is 16.5 Å². The summed E-state index contributed by atoms with van der Waals surface area (Å²) >= 11 is 0. The number of carbonyl (C=O) groups is 4. The number of unbranched alkanes of at least 4 members (excludes halogenated alkanes) is 2. The van der Waals surface area contributed by atoms with Gasteiger partial charge in [0.15, 0.2) is 0 Å². The first-order valence-corrected chi connectivity index (χ1v) is 15.2. The van der Waals surface area contributed by atoms with Crippen molar-refractivity contribution < 1.29 is 33.4 Å². The standard InChI is InChI=1S/C33H38N4O8/c1-5-33(44-27(39)17-35-26(38)13-7-6-10-14-34-31(42)45-32(2,3)4)23-16-25-28-21(15-20-11-8-9-12-24(20)36-28)18-37(25)29(40)22(23)19-43-30(33)41/h8-9,11-12,15-16H,5-7,10,13-14,17-19H2,1-4H3,(H,34,42)(H,35,38)/t33-/m0/s1. The fraction of sp³-hybridized carbons (Fsp3) is 0.455. The highest BCUT2D eigenvalue weighted by molar-refractivity contribution is 5.89. The minimum atomic E-state index is -1.84. The highest BCUT2D eigenvalue weighted by atomic mass is 16.6. The lowest BCUT2D eigenvalue weighted by Gasteiger charge is -2.35. The van der Waals surface area contributed by atoms with Crippen LogP contribution in [0.4, 0.5) is 4.79 Å². The third kappa shape index (κ3) is 6.69. The number of amides is 2. The molecule has 0 aliphatic carbocycles. The molecule has 45 heavy (non-hydrogen) atoms. The number of ether oxygens (including phenoxy) is 3. The van der Waals surface area contributed by atoms with Gasteiger partial charge in [-0.1, -0.05) is 31.5 Å². The van der Waals surface area contributed by atoms with Crippen LogP contribution in [-0.4, -0.2) is 52.2 Å². The zero-order valence-corrected chi connectivity index (χ0v) is 26.0. The topological polar surface area (TPSA) is 155 Å². The zero-order valence-electron chi connectivity index (χ0n) is 26.0. The van der Waals surface area contributed by atoms with E-state index in [4.69, 9.17) is 19.2 Å². The van der Waals surface area contributed by atoms with Gasteiger partial charge in [-0.3, -0.25) is 14.4 Å². The number of rotatable bonds is 10. The van der Waals surface area contributed by atoms with E-state index in [9.17, 15) is 24.0 Å². The van der Waals surface area contributed by atoms with E-state index in [1.165, 1.54) is 0 Å². The predicted octanol–water partition coefficient (Wildman–Crippen LogP) is 3.83. The molecule has 0 fully saturated rings. The largest absolute Gasteiger partial charge is 0.457 e. The summed E-state index contributed by atoms with van der Waals surface area (Å²) in [6.07, 6.45) is 1.61. The molecule has 0 bridgehead atoms. The van der Waals surface area contributed by atoms with Crippen LogP contribution in [0.1, 0.15) is 76.5 Å². The Morgan fingerprint density at radius 1 is 1.07 bits per heavy atom. The molecule has 0 spiro atoms. The number of hydrogen-bond donors (Lipinski definition) is 2. The Labute approximate surface area is 260 Å². The third-order valence-corrected chi connectivity index (χ3v) is 7.85. The second-order valence-electron chi connectivity index (χ2n) is 12.2. The first-order valence-electron chi connectivity index (χ1n) is 15.2. The normalized spacial score (nSPS) is 16.7. The molecule has 2 aliphatic rings. The lowest BCUT2D eigenvalue weighted by atomic mass is 9.85. The van der Waals surface area contributed by atoms with Crippen LogP contribution in [0.2, 0.25) is 0 Å². The maximum atomic E-state index is 13.7. The van der Waals surface area contributed by atoms with Crippen molar-refractivity contribution in [3.05, 3.63) is 63.4 Å². The molecule has 2 aromatic heterocycles. The van der Waals surface area contributed by atoms with E-state index in [1.54, 1.807) is 38.3 Å². The Balaban J connectivity index is 1.22. The molecule has 0 radical (unpaired) electrons. The Morgan fingerprint density at radius 3 is 2.60 bits per heavy atom. The molecule has 0 unspecified atom stereocenters. The molecule has 12 nitrogen and oxygen atoms in total. The number of pyridine rings is 2. The summed E-state index contributed by atoms with van der Waals surface area (Å²) in [7, 11) is 0. The number of nitrogens with one attached hydrogen (secondary N) is 2. The van der Waals surface area contributed by atoms with E-state index in [1.807, 2.05) is 30.3 Å². The maximum absolute atomic E-state index is 13.7. The van der Waals surface area contributed by atoms with Crippen molar-refractivity contribution in [2.24, 2.45) is 0 Å². The van der Waals surface area contributed by atoms with E-state index in [2.05, 4.69) is 10.6 Å². The highest BCUT2D eigenvalue weighted by Crippen LogP contribution is 2.40. The fourth-order valence-corrected chi connectivity index (χ4v) is 5.66. The second-order valence-corrected chi connectivity index (χ2v) is 12.2. The average molecular weight is 619 g/mol. The van der Waals surface area contributed by atoms with E-state index < -0.39 is 35.8 Å². The van der Waals surface area contributed by atoms with Gasteiger partial charge >= 0.3 is 18.0 Å². The van der Waals surface area contributed by atoms with Gasteiger partial charge in [0.25, 0.3) is 5.56 Å². The van der Waals surface area contributed by atoms with Crippen molar-refractivity contribution in [2.45, 2.75) is 84.2 Å². The molecule has 1 aromatic carbocycles. The number of nitrogens with zero attached hydrogens (tertiary/aromatic N) is 2. The van der Waals surface area contributed by atoms with Crippen molar-refractivity contribution in [1.29, 1.82) is 0 Å². The summed E-state index contributed by atoms with van der Waals surface area (Å²) in [5.41, 5.74) is 0.603. The Kier molecular flexibility index (Phi) is 8.94.